The van der Waals surface area contributed by atoms with Crippen molar-refractivity contribution in [3.8, 4) is 0 Å². The summed E-state index contributed by atoms with van der Waals surface area (Å²) in [6.07, 6.45) is 5.40. The quantitative estimate of drug-likeness (QED) is 0.369. The normalized spacial score (nSPS) is 16.7. The Hall–Kier alpha value is -0.370. The molecule has 1 aliphatic rings. The molecule has 1 heterocycles. The van der Waals surface area contributed by atoms with E-state index in [2.05, 4.69) is 36.4 Å². The minimum absolute atomic E-state index is 0. The Kier molecular flexibility index (Phi) is 8.82. The molecule has 2 N–H and O–H groups in total. The smallest absolute Gasteiger partial charge is 0.191 e. The molecule has 0 aliphatic heterocycles. The fourth-order valence-electron chi connectivity index (χ4n) is 3.24. The van der Waals surface area contributed by atoms with E-state index in [1.165, 1.54) is 30.6 Å². The van der Waals surface area contributed by atoms with Gasteiger partial charge in [-0.25, -0.2) is 9.98 Å². The van der Waals surface area contributed by atoms with Crippen LogP contribution in [0.25, 0.3) is 0 Å². The summed E-state index contributed by atoms with van der Waals surface area (Å²) in [5, 5.41) is 6.94. The van der Waals surface area contributed by atoms with Crippen LogP contribution in [-0.2, 0) is 6.54 Å². The fourth-order valence-corrected chi connectivity index (χ4v) is 3.94. The molecule has 23 heavy (non-hydrogen) atoms. The molecule has 0 spiro atoms. The van der Waals surface area contributed by atoms with Crippen molar-refractivity contribution in [3.05, 3.63) is 16.1 Å². The number of halogens is 1. The van der Waals surface area contributed by atoms with E-state index in [-0.39, 0.29) is 24.0 Å². The molecule has 1 aromatic rings. The van der Waals surface area contributed by atoms with Crippen LogP contribution in [0.5, 0.6) is 0 Å². The summed E-state index contributed by atoms with van der Waals surface area (Å²) in [6.45, 7) is 11.5. The molecule has 0 radical (unpaired) electrons. The second kappa shape index (κ2) is 9.81. The number of guanidine groups is 1. The first kappa shape index (κ1) is 20.7. The van der Waals surface area contributed by atoms with Gasteiger partial charge in [-0.05, 0) is 44.4 Å². The van der Waals surface area contributed by atoms with Crippen LogP contribution in [0.3, 0.4) is 0 Å². The van der Waals surface area contributed by atoms with Crippen molar-refractivity contribution >= 4 is 41.3 Å². The SMILES string of the molecule is CCNC(=NCc1scnc1C)NCC1(CC(C)C)CCC1.I. The second-order valence-electron chi connectivity index (χ2n) is 6.86. The fraction of sp³-hybridized carbons (Fsp3) is 0.765. The summed E-state index contributed by atoms with van der Waals surface area (Å²) >= 11 is 1.68. The first-order valence-electron chi connectivity index (χ1n) is 8.46. The van der Waals surface area contributed by atoms with Gasteiger partial charge in [0.25, 0.3) is 0 Å². The van der Waals surface area contributed by atoms with E-state index in [1.807, 2.05) is 12.4 Å². The van der Waals surface area contributed by atoms with Gasteiger partial charge in [-0.1, -0.05) is 20.3 Å². The molecule has 0 unspecified atom stereocenters. The van der Waals surface area contributed by atoms with Crippen LogP contribution >= 0.6 is 35.3 Å². The Balaban J connectivity index is 0.00000264. The summed E-state index contributed by atoms with van der Waals surface area (Å²) in [4.78, 5) is 10.3. The number of aryl methyl sites for hydroxylation is 1. The highest BCUT2D eigenvalue weighted by atomic mass is 127. The molecule has 1 fully saturated rings. The van der Waals surface area contributed by atoms with Gasteiger partial charge >= 0.3 is 0 Å². The topological polar surface area (TPSA) is 49.3 Å². The van der Waals surface area contributed by atoms with Crippen LogP contribution in [0.2, 0.25) is 0 Å². The molecule has 1 saturated carbocycles. The summed E-state index contributed by atoms with van der Waals surface area (Å²) in [6, 6.07) is 0. The Morgan fingerprint density at radius 3 is 2.61 bits per heavy atom. The third-order valence-corrected chi connectivity index (χ3v) is 5.38. The Labute approximate surface area is 162 Å². The van der Waals surface area contributed by atoms with Gasteiger partial charge in [0, 0.05) is 18.0 Å². The second-order valence-corrected chi connectivity index (χ2v) is 7.80. The van der Waals surface area contributed by atoms with Crippen molar-refractivity contribution in [2.24, 2.45) is 16.3 Å². The van der Waals surface area contributed by atoms with Crippen molar-refractivity contribution in [2.75, 3.05) is 13.1 Å². The number of nitrogens with one attached hydrogen (secondary N) is 2. The van der Waals surface area contributed by atoms with E-state index in [1.54, 1.807) is 11.3 Å². The maximum atomic E-state index is 4.72. The summed E-state index contributed by atoms with van der Waals surface area (Å²) < 4.78 is 0. The van der Waals surface area contributed by atoms with Gasteiger partial charge in [0.2, 0.25) is 0 Å². The number of nitrogens with zero attached hydrogens (tertiary/aromatic N) is 2. The van der Waals surface area contributed by atoms with Crippen LogP contribution in [0.4, 0.5) is 0 Å². The van der Waals surface area contributed by atoms with Crippen molar-refractivity contribution < 1.29 is 0 Å². The average molecular weight is 450 g/mol. The van der Waals surface area contributed by atoms with Crippen molar-refractivity contribution in [2.45, 2.75) is 59.9 Å². The van der Waals surface area contributed by atoms with E-state index >= 15 is 0 Å². The highest BCUT2D eigenvalue weighted by Crippen LogP contribution is 2.45. The molecule has 0 saturated heterocycles. The molecule has 0 bridgehead atoms. The lowest BCUT2D eigenvalue weighted by molar-refractivity contribution is 0.104. The van der Waals surface area contributed by atoms with E-state index in [4.69, 9.17) is 4.99 Å². The molecule has 1 aromatic heterocycles. The molecule has 1 aliphatic carbocycles. The summed E-state index contributed by atoms with van der Waals surface area (Å²) in [5.74, 6) is 1.70. The average Bonchev–Trinajstić information content (AvgIpc) is 2.83. The van der Waals surface area contributed by atoms with Crippen LogP contribution in [-0.4, -0.2) is 24.0 Å². The minimum Gasteiger partial charge on any atom is -0.357 e. The van der Waals surface area contributed by atoms with Crippen molar-refractivity contribution in [1.82, 2.24) is 15.6 Å². The molecule has 4 nitrogen and oxygen atoms in total. The Bertz CT molecular complexity index is 495. The number of aromatic nitrogens is 1. The lowest BCUT2D eigenvalue weighted by atomic mass is 9.64. The highest BCUT2D eigenvalue weighted by Gasteiger charge is 2.37. The third kappa shape index (κ3) is 6.21. The molecule has 0 amide bonds. The first-order valence-corrected chi connectivity index (χ1v) is 9.34. The molecule has 0 aromatic carbocycles. The van der Waals surface area contributed by atoms with Gasteiger partial charge in [0.15, 0.2) is 5.96 Å². The Morgan fingerprint density at radius 2 is 2.13 bits per heavy atom. The third-order valence-electron chi connectivity index (χ3n) is 4.46. The van der Waals surface area contributed by atoms with Crippen molar-refractivity contribution in [1.29, 1.82) is 0 Å². The molecule has 0 atom stereocenters. The molecule has 132 valence electrons. The maximum Gasteiger partial charge on any atom is 0.191 e. The monoisotopic (exact) mass is 450 g/mol. The molecular formula is C17H31IN4S. The number of hydrogen-bond acceptors (Lipinski definition) is 3. The minimum atomic E-state index is 0. The number of aliphatic imine (C=N–C) groups is 1. The number of hydrogen-bond donors (Lipinski definition) is 2. The lowest BCUT2D eigenvalue weighted by Crippen LogP contribution is -2.47. The zero-order chi connectivity index (χ0) is 16.0. The van der Waals surface area contributed by atoms with Gasteiger partial charge in [0.05, 0.1) is 17.7 Å². The Morgan fingerprint density at radius 1 is 1.39 bits per heavy atom. The highest BCUT2D eigenvalue weighted by molar-refractivity contribution is 14.0. The van der Waals surface area contributed by atoms with Gasteiger partial charge in [-0.3, -0.25) is 0 Å². The van der Waals surface area contributed by atoms with E-state index in [0.29, 0.717) is 12.0 Å². The predicted molar refractivity (Wildman–Crippen MR) is 111 cm³/mol. The van der Waals surface area contributed by atoms with E-state index < -0.39 is 0 Å². The van der Waals surface area contributed by atoms with Gasteiger partial charge < -0.3 is 10.6 Å². The van der Waals surface area contributed by atoms with Gasteiger partial charge in [0.1, 0.15) is 0 Å². The summed E-state index contributed by atoms with van der Waals surface area (Å²) in [5.41, 5.74) is 3.48. The molecular weight excluding hydrogens is 419 g/mol. The zero-order valence-electron chi connectivity index (χ0n) is 14.8. The maximum absolute atomic E-state index is 4.72. The number of rotatable bonds is 7. The number of thiazole rings is 1. The van der Waals surface area contributed by atoms with E-state index in [0.717, 1.165) is 30.7 Å². The lowest BCUT2D eigenvalue weighted by Gasteiger charge is -2.43. The predicted octanol–water partition coefficient (Wildman–Crippen LogP) is 4.34. The van der Waals surface area contributed by atoms with Crippen LogP contribution in [0, 0.1) is 18.3 Å². The van der Waals surface area contributed by atoms with Crippen molar-refractivity contribution in [3.63, 3.8) is 0 Å². The molecule has 6 heteroatoms. The van der Waals surface area contributed by atoms with Crippen LogP contribution in [0.15, 0.2) is 10.5 Å². The molecule has 2 rings (SSSR count). The largest absolute Gasteiger partial charge is 0.357 e. The standard InChI is InChI=1S/C17H30N4S.HI/c1-5-18-16(19-10-15-14(4)21-12-22-15)20-11-17(7-6-8-17)9-13(2)3;/h12-13H,5-11H2,1-4H3,(H2,18,19,20);1H. The summed E-state index contributed by atoms with van der Waals surface area (Å²) in [7, 11) is 0. The van der Waals surface area contributed by atoms with E-state index in [9.17, 15) is 0 Å². The van der Waals surface area contributed by atoms with Gasteiger partial charge in [-0.15, -0.1) is 35.3 Å². The van der Waals surface area contributed by atoms with Crippen LogP contribution in [0.1, 0.15) is 57.0 Å². The first-order chi connectivity index (χ1) is 10.5. The van der Waals surface area contributed by atoms with Crippen LogP contribution < -0.4 is 10.6 Å². The van der Waals surface area contributed by atoms with Gasteiger partial charge in [-0.2, -0.15) is 0 Å². The zero-order valence-corrected chi connectivity index (χ0v) is 18.0.